The quantitative estimate of drug-likeness (QED) is 0.0520. The molecule has 0 saturated carbocycles. The first-order valence-corrected chi connectivity index (χ1v) is 18.0. The number of rotatable bonds is 40. The SMILES string of the molecule is CCCCC(CC)C(=O)OCCOCCOCCOCCOCCOCCOCCOCCOCCOCCOCCOCCBr. The zero-order valence-corrected chi connectivity index (χ0v) is 30.1. The van der Waals surface area contributed by atoms with Gasteiger partial charge in [-0.25, -0.2) is 0 Å². The van der Waals surface area contributed by atoms with Crippen molar-refractivity contribution >= 4 is 21.9 Å². The molecular formula is C32H63BrO13. The number of hydrogen-bond acceptors (Lipinski definition) is 13. The highest BCUT2D eigenvalue weighted by Crippen LogP contribution is 2.14. The van der Waals surface area contributed by atoms with Gasteiger partial charge in [0.05, 0.1) is 151 Å². The lowest BCUT2D eigenvalue weighted by Gasteiger charge is -2.13. The molecule has 0 spiro atoms. The maximum Gasteiger partial charge on any atom is 0.308 e. The summed E-state index contributed by atoms with van der Waals surface area (Å²) in [5.74, 6) is -0.122. The third kappa shape index (κ3) is 36.3. The van der Waals surface area contributed by atoms with Gasteiger partial charge in [0.25, 0.3) is 0 Å². The van der Waals surface area contributed by atoms with Gasteiger partial charge < -0.3 is 56.8 Å². The van der Waals surface area contributed by atoms with E-state index < -0.39 is 0 Å². The Morgan fingerprint density at radius 1 is 0.435 bits per heavy atom. The largest absolute Gasteiger partial charge is 0.463 e. The maximum absolute atomic E-state index is 12.0. The Morgan fingerprint density at radius 2 is 0.696 bits per heavy atom. The summed E-state index contributed by atoms with van der Waals surface area (Å²) in [4.78, 5) is 12.0. The first kappa shape index (κ1) is 45.5. The van der Waals surface area contributed by atoms with Gasteiger partial charge in [-0.05, 0) is 12.8 Å². The van der Waals surface area contributed by atoms with Crippen LogP contribution in [0.15, 0.2) is 0 Å². The van der Waals surface area contributed by atoms with E-state index in [1.165, 1.54) is 0 Å². The fourth-order valence-corrected chi connectivity index (χ4v) is 3.84. The summed E-state index contributed by atoms with van der Waals surface area (Å²) >= 11 is 3.30. The molecule has 46 heavy (non-hydrogen) atoms. The van der Waals surface area contributed by atoms with Crippen LogP contribution in [0.2, 0.25) is 0 Å². The van der Waals surface area contributed by atoms with Crippen LogP contribution in [0.3, 0.4) is 0 Å². The van der Waals surface area contributed by atoms with Crippen molar-refractivity contribution in [2.24, 2.45) is 5.92 Å². The van der Waals surface area contributed by atoms with E-state index in [9.17, 15) is 4.79 Å². The molecule has 276 valence electrons. The van der Waals surface area contributed by atoms with Crippen molar-refractivity contribution in [3.8, 4) is 0 Å². The van der Waals surface area contributed by atoms with Gasteiger partial charge in [0.1, 0.15) is 6.61 Å². The van der Waals surface area contributed by atoms with Crippen molar-refractivity contribution in [3.63, 3.8) is 0 Å². The Hall–Kier alpha value is -0.490. The Kier molecular flexibility index (Phi) is 40.3. The first-order valence-electron chi connectivity index (χ1n) is 16.8. The molecule has 0 aliphatic heterocycles. The van der Waals surface area contributed by atoms with Crippen molar-refractivity contribution < 1.29 is 61.6 Å². The highest BCUT2D eigenvalue weighted by atomic mass is 79.9. The van der Waals surface area contributed by atoms with Crippen molar-refractivity contribution in [2.75, 3.05) is 157 Å². The van der Waals surface area contributed by atoms with Crippen molar-refractivity contribution in [2.45, 2.75) is 39.5 Å². The molecule has 0 radical (unpaired) electrons. The fraction of sp³-hybridized carbons (Fsp3) is 0.969. The standard InChI is InChI=1S/C32H63BrO13/c1-3-5-6-31(4-2)32(34)46-30-29-45-28-27-44-26-25-43-24-23-42-22-21-41-20-19-40-18-17-39-16-15-38-14-13-37-12-11-36-10-9-35-8-7-33/h31H,3-30H2,1-2H3. The van der Waals surface area contributed by atoms with E-state index in [-0.39, 0.29) is 18.5 Å². The number of halogens is 1. The van der Waals surface area contributed by atoms with Crippen LogP contribution >= 0.6 is 15.9 Å². The van der Waals surface area contributed by atoms with Crippen LogP contribution in [-0.4, -0.2) is 163 Å². The molecule has 0 saturated heterocycles. The molecule has 0 fully saturated rings. The van der Waals surface area contributed by atoms with Gasteiger partial charge >= 0.3 is 5.97 Å². The number of hydrogen-bond donors (Lipinski definition) is 0. The molecule has 0 N–H and O–H groups in total. The van der Waals surface area contributed by atoms with Gasteiger partial charge in [-0.1, -0.05) is 42.6 Å². The summed E-state index contributed by atoms with van der Waals surface area (Å²) in [6.07, 6.45) is 3.84. The monoisotopic (exact) mass is 734 g/mol. The molecule has 0 aliphatic rings. The number of alkyl halides is 1. The molecule has 0 aliphatic carbocycles. The normalized spacial score (nSPS) is 12.2. The predicted octanol–water partition coefficient (Wildman–Crippen LogP) is 3.32. The summed E-state index contributed by atoms with van der Waals surface area (Å²) in [5, 5.41) is 0.835. The summed E-state index contributed by atoms with van der Waals surface area (Å²) in [7, 11) is 0. The van der Waals surface area contributed by atoms with Gasteiger partial charge in [-0.15, -0.1) is 0 Å². The molecule has 1 atom stereocenters. The van der Waals surface area contributed by atoms with E-state index >= 15 is 0 Å². The third-order valence-electron chi connectivity index (χ3n) is 6.15. The molecule has 0 rings (SSSR count). The van der Waals surface area contributed by atoms with Crippen LogP contribution in [0.25, 0.3) is 0 Å². The van der Waals surface area contributed by atoms with Crippen molar-refractivity contribution in [1.29, 1.82) is 0 Å². The van der Waals surface area contributed by atoms with Crippen LogP contribution in [-0.2, 0) is 61.6 Å². The maximum atomic E-state index is 12.0. The Morgan fingerprint density at radius 3 is 0.935 bits per heavy atom. The highest BCUT2D eigenvalue weighted by Gasteiger charge is 2.16. The Balaban J connectivity index is 3.13. The van der Waals surface area contributed by atoms with Crippen LogP contribution in [0.1, 0.15) is 39.5 Å². The fourth-order valence-electron chi connectivity index (χ4n) is 3.61. The number of esters is 1. The lowest BCUT2D eigenvalue weighted by Crippen LogP contribution is -2.20. The van der Waals surface area contributed by atoms with Crippen molar-refractivity contribution in [1.82, 2.24) is 0 Å². The average molecular weight is 736 g/mol. The first-order chi connectivity index (χ1) is 22.8. The molecule has 0 aromatic heterocycles. The second-order valence-corrected chi connectivity index (χ2v) is 10.6. The van der Waals surface area contributed by atoms with E-state index in [4.69, 9.17) is 56.8 Å². The van der Waals surface area contributed by atoms with Crippen LogP contribution in [0.4, 0.5) is 0 Å². The molecule has 0 heterocycles. The average Bonchev–Trinajstić information content (AvgIpc) is 3.06. The molecular weight excluding hydrogens is 672 g/mol. The minimum absolute atomic E-state index is 0.00284. The van der Waals surface area contributed by atoms with E-state index in [0.29, 0.717) is 145 Å². The van der Waals surface area contributed by atoms with E-state index in [0.717, 1.165) is 31.0 Å². The third-order valence-corrected chi connectivity index (χ3v) is 6.47. The summed E-state index contributed by atoms with van der Waals surface area (Å²) in [6, 6.07) is 0. The molecule has 1 unspecified atom stereocenters. The Labute approximate surface area is 285 Å². The van der Waals surface area contributed by atoms with Gasteiger partial charge in [0.15, 0.2) is 0 Å². The highest BCUT2D eigenvalue weighted by molar-refractivity contribution is 9.09. The minimum Gasteiger partial charge on any atom is -0.463 e. The predicted molar refractivity (Wildman–Crippen MR) is 177 cm³/mol. The second kappa shape index (κ2) is 40.7. The lowest BCUT2D eigenvalue weighted by atomic mass is 10.00. The van der Waals surface area contributed by atoms with Gasteiger partial charge in [0.2, 0.25) is 0 Å². The molecule has 0 amide bonds. The van der Waals surface area contributed by atoms with E-state index in [1.807, 2.05) is 6.92 Å². The van der Waals surface area contributed by atoms with E-state index in [2.05, 4.69) is 22.9 Å². The topological polar surface area (TPSA) is 128 Å². The molecule has 13 nitrogen and oxygen atoms in total. The summed E-state index contributed by atoms with van der Waals surface area (Å²) < 4.78 is 65.1. The number of unbranched alkanes of at least 4 members (excludes halogenated alkanes) is 1. The molecule has 0 aromatic rings. The van der Waals surface area contributed by atoms with Crippen LogP contribution in [0.5, 0.6) is 0 Å². The number of carbonyl (C=O) groups is 1. The van der Waals surface area contributed by atoms with Crippen LogP contribution in [0, 0.1) is 5.92 Å². The van der Waals surface area contributed by atoms with Crippen LogP contribution < -0.4 is 0 Å². The van der Waals surface area contributed by atoms with Gasteiger partial charge in [-0.3, -0.25) is 4.79 Å². The summed E-state index contributed by atoms with van der Waals surface area (Å²) in [6.45, 7) is 15.7. The number of carbonyl (C=O) groups excluding carboxylic acids is 1. The van der Waals surface area contributed by atoms with E-state index in [1.54, 1.807) is 0 Å². The molecule has 0 aromatic carbocycles. The zero-order chi connectivity index (χ0) is 33.4. The number of ether oxygens (including phenoxy) is 12. The zero-order valence-electron chi connectivity index (χ0n) is 28.6. The smallest absolute Gasteiger partial charge is 0.308 e. The minimum atomic E-state index is -0.120. The lowest BCUT2D eigenvalue weighted by molar-refractivity contribution is -0.150. The van der Waals surface area contributed by atoms with Crippen molar-refractivity contribution in [3.05, 3.63) is 0 Å². The summed E-state index contributed by atoms with van der Waals surface area (Å²) in [5.41, 5.74) is 0. The molecule has 0 bridgehead atoms. The van der Waals surface area contributed by atoms with Gasteiger partial charge in [0, 0.05) is 5.33 Å². The second-order valence-electron chi connectivity index (χ2n) is 9.84. The Bertz CT molecular complexity index is 592. The molecule has 14 heteroatoms. The van der Waals surface area contributed by atoms with Gasteiger partial charge in [-0.2, -0.15) is 0 Å².